The Kier molecular flexibility index (Phi) is 4.52. The SMILES string of the molecule is O=C(Nc1nccs1)NC1CCC(n2nc3c(cc2=O)CCC3)CC1. The van der Waals surface area contributed by atoms with Crippen molar-refractivity contribution >= 4 is 22.5 Å². The Morgan fingerprint density at radius 3 is 2.84 bits per heavy atom. The van der Waals surface area contributed by atoms with Crippen molar-refractivity contribution in [3.8, 4) is 0 Å². The number of aryl methyl sites for hydroxylation is 2. The summed E-state index contributed by atoms with van der Waals surface area (Å²) in [7, 11) is 0. The van der Waals surface area contributed by atoms with E-state index in [9.17, 15) is 9.59 Å². The van der Waals surface area contributed by atoms with E-state index in [0.29, 0.717) is 5.13 Å². The third-order valence-corrected chi connectivity index (χ3v) is 5.70. The van der Waals surface area contributed by atoms with Gasteiger partial charge in [0.1, 0.15) is 0 Å². The quantitative estimate of drug-likeness (QED) is 0.881. The minimum Gasteiger partial charge on any atom is -0.335 e. The van der Waals surface area contributed by atoms with Crippen LogP contribution >= 0.6 is 11.3 Å². The van der Waals surface area contributed by atoms with Crippen LogP contribution in [0.15, 0.2) is 22.4 Å². The van der Waals surface area contributed by atoms with Crippen molar-refractivity contribution in [1.29, 1.82) is 0 Å². The highest BCUT2D eigenvalue weighted by molar-refractivity contribution is 7.13. The summed E-state index contributed by atoms with van der Waals surface area (Å²) in [6.07, 6.45) is 8.11. The molecule has 8 heteroatoms. The van der Waals surface area contributed by atoms with E-state index in [2.05, 4.69) is 20.7 Å². The van der Waals surface area contributed by atoms with Crippen molar-refractivity contribution in [1.82, 2.24) is 20.1 Å². The van der Waals surface area contributed by atoms with Crippen molar-refractivity contribution in [2.45, 2.75) is 57.0 Å². The third-order valence-electron chi connectivity index (χ3n) is 5.01. The van der Waals surface area contributed by atoms with Crippen LogP contribution in [0.3, 0.4) is 0 Å². The predicted octanol–water partition coefficient (Wildman–Crippen LogP) is 2.49. The summed E-state index contributed by atoms with van der Waals surface area (Å²) in [4.78, 5) is 28.4. The second-order valence-corrected chi connectivity index (χ2v) is 7.59. The van der Waals surface area contributed by atoms with Crippen LogP contribution in [0.25, 0.3) is 0 Å². The van der Waals surface area contributed by atoms with Crippen LogP contribution in [0.4, 0.5) is 9.93 Å². The van der Waals surface area contributed by atoms with E-state index >= 15 is 0 Å². The van der Waals surface area contributed by atoms with Crippen LogP contribution in [0.1, 0.15) is 49.4 Å². The zero-order chi connectivity index (χ0) is 17.2. The Morgan fingerprint density at radius 1 is 1.24 bits per heavy atom. The number of carbonyl (C=O) groups is 1. The van der Waals surface area contributed by atoms with E-state index in [0.717, 1.165) is 56.2 Å². The van der Waals surface area contributed by atoms with Gasteiger partial charge in [-0.15, -0.1) is 11.3 Å². The van der Waals surface area contributed by atoms with Gasteiger partial charge in [0.25, 0.3) is 5.56 Å². The normalized spacial score (nSPS) is 22.4. The monoisotopic (exact) mass is 359 g/mol. The number of anilines is 1. The maximum Gasteiger partial charge on any atom is 0.321 e. The fourth-order valence-electron chi connectivity index (χ4n) is 3.75. The molecule has 25 heavy (non-hydrogen) atoms. The first-order valence-electron chi connectivity index (χ1n) is 8.77. The topological polar surface area (TPSA) is 88.9 Å². The van der Waals surface area contributed by atoms with Gasteiger partial charge in [-0.05, 0) is 50.5 Å². The fraction of sp³-hybridized carbons (Fsp3) is 0.529. The number of hydrogen-bond acceptors (Lipinski definition) is 5. The molecule has 2 aliphatic rings. The third kappa shape index (κ3) is 3.58. The first kappa shape index (κ1) is 16.3. The number of hydrogen-bond donors (Lipinski definition) is 2. The van der Waals surface area contributed by atoms with E-state index < -0.39 is 0 Å². The zero-order valence-electron chi connectivity index (χ0n) is 13.9. The van der Waals surface area contributed by atoms with Crippen molar-refractivity contribution in [3.63, 3.8) is 0 Å². The van der Waals surface area contributed by atoms with Crippen LogP contribution < -0.4 is 16.2 Å². The van der Waals surface area contributed by atoms with E-state index in [1.54, 1.807) is 16.9 Å². The summed E-state index contributed by atoms with van der Waals surface area (Å²) in [6, 6.07) is 1.81. The molecule has 2 N–H and O–H groups in total. The Balaban J connectivity index is 1.34. The molecule has 4 rings (SSSR count). The Bertz CT molecular complexity index is 809. The van der Waals surface area contributed by atoms with E-state index in [-0.39, 0.29) is 23.7 Å². The maximum absolute atomic E-state index is 12.3. The lowest BCUT2D eigenvalue weighted by Gasteiger charge is -2.29. The number of aromatic nitrogens is 3. The van der Waals surface area contributed by atoms with E-state index in [1.807, 2.05) is 5.38 Å². The molecule has 0 aliphatic heterocycles. The van der Waals surface area contributed by atoms with Gasteiger partial charge >= 0.3 is 6.03 Å². The van der Waals surface area contributed by atoms with Gasteiger partial charge < -0.3 is 5.32 Å². The summed E-state index contributed by atoms with van der Waals surface area (Å²) in [5.41, 5.74) is 2.22. The number of amides is 2. The molecule has 2 aliphatic carbocycles. The van der Waals surface area contributed by atoms with Crippen LogP contribution in [0.5, 0.6) is 0 Å². The molecular formula is C17H21N5O2S. The molecule has 0 unspecified atom stereocenters. The van der Waals surface area contributed by atoms with Crippen molar-refractivity contribution in [2.75, 3.05) is 5.32 Å². The Hall–Kier alpha value is -2.22. The molecule has 1 saturated carbocycles. The molecule has 2 aromatic rings. The molecule has 2 heterocycles. The molecule has 0 radical (unpaired) electrons. The highest BCUT2D eigenvalue weighted by Crippen LogP contribution is 2.28. The average molecular weight is 359 g/mol. The van der Waals surface area contributed by atoms with Gasteiger partial charge in [0.2, 0.25) is 0 Å². The highest BCUT2D eigenvalue weighted by Gasteiger charge is 2.26. The Labute approximate surface area is 149 Å². The lowest BCUT2D eigenvalue weighted by molar-refractivity contribution is 0.234. The fourth-order valence-corrected chi connectivity index (χ4v) is 4.27. The van der Waals surface area contributed by atoms with Gasteiger partial charge in [-0.3, -0.25) is 10.1 Å². The molecule has 0 aromatic carbocycles. The van der Waals surface area contributed by atoms with Crippen molar-refractivity contribution in [2.24, 2.45) is 0 Å². The molecule has 0 atom stereocenters. The first-order valence-corrected chi connectivity index (χ1v) is 9.65. The largest absolute Gasteiger partial charge is 0.335 e. The molecular weight excluding hydrogens is 338 g/mol. The van der Waals surface area contributed by atoms with E-state index in [1.165, 1.54) is 11.3 Å². The summed E-state index contributed by atoms with van der Waals surface area (Å²) >= 11 is 1.39. The molecule has 2 amide bonds. The van der Waals surface area contributed by atoms with Crippen molar-refractivity contribution < 1.29 is 4.79 Å². The molecule has 2 aromatic heterocycles. The van der Waals surface area contributed by atoms with Gasteiger partial charge in [0, 0.05) is 23.7 Å². The number of nitrogens with one attached hydrogen (secondary N) is 2. The number of thiazole rings is 1. The summed E-state index contributed by atoms with van der Waals surface area (Å²) in [5, 5.41) is 12.8. The van der Waals surface area contributed by atoms with Crippen LogP contribution in [-0.2, 0) is 12.8 Å². The number of urea groups is 1. The molecule has 0 spiro atoms. The lowest BCUT2D eigenvalue weighted by Crippen LogP contribution is -2.41. The van der Waals surface area contributed by atoms with Crippen LogP contribution in [-0.4, -0.2) is 26.8 Å². The molecule has 0 bridgehead atoms. The van der Waals surface area contributed by atoms with Crippen LogP contribution in [0.2, 0.25) is 0 Å². The predicted molar refractivity (Wildman–Crippen MR) is 96.1 cm³/mol. The second kappa shape index (κ2) is 6.95. The molecule has 0 saturated heterocycles. The molecule has 7 nitrogen and oxygen atoms in total. The van der Waals surface area contributed by atoms with Crippen molar-refractivity contribution in [3.05, 3.63) is 39.3 Å². The maximum atomic E-state index is 12.3. The smallest absolute Gasteiger partial charge is 0.321 e. The van der Waals surface area contributed by atoms with Gasteiger partial charge in [-0.25, -0.2) is 14.5 Å². The number of fused-ring (bicyclic) bond motifs is 1. The number of carbonyl (C=O) groups excluding carboxylic acids is 1. The second-order valence-electron chi connectivity index (χ2n) is 6.69. The molecule has 1 fully saturated rings. The average Bonchev–Trinajstić information content (AvgIpc) is 3.26. The minimum atomic E-state index is -0.216. The standard InChI is InChI=1S/C17H21N5O2S/c23-15-10-11-2-1-3-14(11)21-22(15)13-6-4-12(5-7-13)19-16(24)20-17-18-8-9-25-17/h8-10,12-13H,1-7H2,(H2,18,19,20,24). The van der Waals surface area contributed by atoms with Gasteiger partial charge in [-0.1, -0.05) is 0 Å². The molecule has 132 valence electrons. The van der Waals surface area contributed by atoms with E-state index in [4.69, 9.17) is 0 Å². The van der Waals surface area contributed by atoms with Crippen LogP contribution in [0, 0.1) is 0 Å². The minimum absolute atomic E-state index is 0.0126. The van der Waals surface area contributed by atoms with Gasteiger partial charge in [0.15, 0.2) is 5.13 Å². The summed E-state index contributed by atoms with van der Waals surface area (Å²) in [6.45, 7) is 0. The van der Waals surface area contributed by atoms with Gasteiger partial charge in [-0.2, -0.15) is 5.10 Å². The summed E-state index contributed by atoms with van der Waals surface area (Å²) < 4.78 is 1.68. The lowest BCUT2D eigenvalue weighted by atomic mass is 9.91. The summed E-state index contributed by atoms with van der Waals surface area (Å²) in [5.74, 6) is 0. The number of nitrogens with zero attached hydrogens (tertiary/aromatic N) is 3. The highest BCUT2D eigenvalue weighted by atomic mass is 32.1. The van der Waals surface area contributed by atoms with Gasteiger partial charge in [0.05, 0.1) is 11.7 Å². The zero-order valence-corrected chi connectivity index (χ0v) is 14.7. The Morgan fingerprint density at radius 2 is 2.08 bits per heavy atom. The first-order chi connectivity index (χ1) is 12.2. The number of rotatable bonds is 3.